The van der Waals surface area contributed by atoms with Crippen molar-refractivity contribution in [3.8, 4) is 11.5 Å². The lowest BCUT2D eigenvalue weighted by molar-refractivity contribution is -0.130. The number of benzene rings is 1. The summed E-state index contributed by atoms with van der Waals surface area (Å²) in [4.78, 5) is 23.6. The molecule has 0 saturated heterocycles. The summed E-state index contributed by atoms with van der Waals surface area (Å²) in [6.45, 7) is 7.18. The molecule has 0 aliphatic heterocycles. The van der Waals surface area contributed by atoms with Crippen molar-refractivity contribution in [2.75, 3.05) is 7.11 Å². The van der Waals surface area contributed by atoms with Crippen LogP contribution in [0.4, 0.5) is 0 Å². The monoisotopic (exact) mass is 332 g/mol. The lowest BCUT2D eigenvalue weighted by Gasteiger charge is -2.34. The number of carbonyl (C=O) groups excluding carboxylic acids is 2. The van der Waals surface area contributed by atoms with Crippen molar-refractivity contribution in [3.63, 3.8) is 0 Å². The molecule has 0 heterocycles. The van der Waals surface area contributed by atoms with Gasteiger partial charge in [0.15, 0.2) is 0 Å². The van der Waals surface area contributed by atoms with Crippen molar-refractivity contribution in [3.05, 3.63) is 35.9 Å². The largest absolute Gasteiger partial charge is 0.487 e. The van der Waals surface area contributed by atoms with E-state index in [2.05, 4.69) is 13.5 Å². The van der Waals surface area contributed by atoms with Crippen LogP contribution in [-0.4, -0.2) is 24.6 Å². The van der Waals surface area contributed by atoms with E-state index in [1.165, 1.54) is 19.6 Å². The summed E-state index contributed by atoms with van der Waals surface area (Å²) in [5.41, 5.74) is 0.280. The first-order valence-electron chi connectivity index (χ1n) is 8.13. The lowest BCUT2D eigenvalue weighted by Crippen LogP contribution is -2.34. The highest BCUT2D eigenvalue weighted by Crippen LogP contribution is 2.34. The van der Waals surface area contributed by atoms with E-state index < -0.39 is 11.9 Å². The number of ether oxygens (including phenoxy) is 3. The molecule has 5 heteroatoms. The van der Waals surface area contributed by atoms with Crippen LogP contribution in [0.1, 0.15) is 56.3 Å². The first-order valence-corrected chi connectivity index (χ1v) is 8.13. The predicted octanol–water partition coefficient (Wildman–Crippen LogP) is 4.06. The topological polar surface area (TPSA) is 61.8 Å². The zero-order valence-corrected chi connectivity index (χ0v) is 14.5. The summed E-state index contributed by atoms with van der Waals surface area (Å²) >= 11 is 0. The Kier molecular flexibility index (Phi) is 5.65. The number of rotatable bonds is 5. The number of methoxy groups -OCH3 is 1. The Morgan fingerprint density at radius 2 is 1.71 bits per heavy atom. The Labute approximate surface area is 142 Å². The zero-order chi connectivity index (χ0) is 17.7. The molecule has 0 radical (unpaired) electrons. The highest BCUT2D eigenvalue weighted by atomic mass is 16.5. The first kappa shape index (κ1) is 18.0. The Morgan fingerprint density at radius 3 is 2.29 bits per heavy atom. The normalized spacial score (nSPS) is 16.1. The van der Waals surface area contributed by atoms with E-state index in [1.807, 2.05) is 0 Å². The smallest absolute Gasteiger partial charge is 0.338 e. The van der Waals surface area contributed by atoms with Gasteiger partial charge in [0, 0.05) is 11.6 Å². The molecule has 1 aliphatic carbocycles. The second-order valence-electron chi connectivity index (χ2n) is 6.47. The highest BCUT2D eigenvalue weighted by molar-refractivity contribution is 5.92. The first-order chi connectivity index (χ1) is 11.3. The molecule has 0 N–H and O–H groups in total. The summed E-state index contributed by atoms with van der Waals surface area (Å²) in [6.07, 6.45) is 5.35. The lowest BCUT2D eigenvalue weighted by atomic mass is 9.86. The molecule has 0 bridgehead atoms. The average Bonchev–Trinajstić information content (AvgIpc) is 2.53. The maximum Gasteiger partial charge on any atom is 0.338 e. The van der Waals surface area contributed by atoms with Gasteiger partial charge in [0.25, 0.3) is 0 Å². The Bertz CT molecular complexity index is 641. The van der Waals surface area contributed by atoms with Crippen LogP contribution in [0.15, 0.2) is 30.4 Å². The molecule has 0 spiro atoms. The van der Waals surface area contributed by atoms with Crippen molar-refractivity contribution >= 4 is 11.9 Å². The predicted molar refractivity (Wildman–Crippen MR) is 90.3 cm³/mol. The van der Waals surface area contributed by atoms with Crippen LogP contribution in [0.25, 0.3) is 0 Å². The molecule has 0 amide bonds. The van der Waals surface area contributed by atoms with Crippen LogP contribution in [-0.2, 0) is 9.53 Å². The van der Waals surface area contributed by atoms with Crippen molar-refractivity contribution in [2.45, 2.75) is 51.6 Å². The van der Waals surface area contributed by atoms with Gasteiger partial charge >= 0.3 is 11.9 Å². The van der Waals surface area contributed by atoms with Gasteiger partial charge < -0.3 is 14.2 Å². The van der Waals surface area contributed by atoms with Crippen LogP contribution < -0.4 is 9.47 Å². The molecule has 0 atom stereocenters. The van der Waals surface area contributed by atoms with Crippen LogP contribution in [0.2, 0.25) is 0 Å². The average molecular weight is 332 g/mol. The SMILES string of the molecule is C=C(C)C(=O)Oc1cc(OC2(C)CCCCC2)cc(C(=O)OC)c1. The number of hydrogen-bond acceptors (Lipinski definition) is 5. The second kappa shape index (κ2) is 7.51. The van der Waals surface area contributed by atoms with Crippen molar-refractivity contribution in [1.29, 1.82) is 0 Å². The minimum atomic E-state index is -0.549. The summed E-state index contributed by atoms with van der Waals surface area (Å²) in [5.74, 6) is -0.333. The van der Waals surface area contributed by atoms with Gasteiger partial charge in [0.1, 0.15) is 17.1 Å². The molecule has 24 heavy (non-hydrogen) atoms. The van der Waals surface area contributed by atoms with Crippen molar-refractivity contribution in [2.24, 2.45) is 0 Å². The van der Waals surface area contributed by atoms with Gasteiger partial charge in [0.05, 0.1) is 12.7 Å². The summed E-state index contributed by atoms with van der Waals surface area (Å²) in [6, 6.07) is 4.69. The molecule has 130 valence electrons. The molecule has 1 aliphatic rings. The Morgan fingerprint density at radius 1 is 1.08 bits per heavy atom. The van der Waals surface area contributed by atoms with E-state index in [9.17, 15) is 9.59 Å². The van der Waals surface area contributed by atoms with E-state index in [0.29, 0.717) is 5.75 Å². The van der Waals surface area contributed by atoms with E-state index in [4.69, 9.17) is 14.2 Å². The fraction of sp³-hybridized carbons (Fsp3) is 0.474. The third-order valence-corrected chi connectivity index (χ3v) is 4.14. The van der Waals surface area contributed by atoms with Crippen LogP contribution in [0.5, 0.6) is 11.5 Å². The Balaban J connectivity index is 2.29. The molecular formula is C19H24O5. The quantitative estimate of drug-likeness (QED) is 0.462. The number of hydrogen-bond donors (Lipinski definition) is 0. The second-order valence-corrected chi connectivity index (χ2v) is 6.47. The van der Waals surface area contributed by atoms with Crippen LogP contribution in [0, 0.1) is 0 Å². The molecule has 1 aromatic rings. The molecule has 0 aromatic heterocycles. The maximum atomic E-state index is 11.9. The van der Waals surface area contributed by atoms with Crippen molar-refractivity contribution < 1.29 is 23.8 Å². The molecular weight excluding hydrogens is 308 g/mol. The molecule has 0 unspecified atom stereocenters. The van der Waals surface area contributed by atoms with Gasteiger partial charge in [-0.15, -0.1) is 0 Å². The van der Waals surface area contributed by atoms with E-state index >= 15 is 0 Å². The summed E-state index contributed by atoms with van der Waals surface area (Å²) < 4.78 is 16.1. The van der Waals surface area contributed by atoms with E-state index in [1.54, 1.807) is 19.1 Å². The maximum absolute atomic E-state index is 11.9. The minimum absolute atomic E-state index is 0.236. The molecule has 5 nitrogen and oxygen atoms in total. The van der Waals surface area contributed by atoms with Gasteiger partial charge in [-0.3, -0.25) is 0 Å². The van der Waals surface area contributed by atoms with Gasteiger partial charge in [-0.1, -0.05) is 13.0 Å². The highest BCUT2D eigenvalue weighted by Gasteiger charge is 2.29. The molecule has 1 fully saturated rings. The third kappa shape index (κ3) is 4.60. The number of esters is 2. The van der Waals surface area contributed by atoms with E-state index in [0.717, 1.165) is 25.7 Å². The summed E-state index contributed by atoms with van der Waals surface area (Å²) in [7, 11) is 1.30. The molecule has 1 aromatic carbocycles. The minimum Gasteiger partial charge on any atom is -0.487 e. The molecule has 2 rings (SSSR count). The fourth-order valence-electron chi connectivity index (χ4n) is 2.81. The number of carbonyl (C=O) groups is 2. The Hall–Kier alpha value is -2.30. The van der Waals surface area contributed by atoms with Crippen molar-refractivity contribution in [1.82, 2.24) is 0 Å². The van der Waals surface area contributed by atoms with Crippen LogP contribution in [0.3, 0.4) is 0 Å². The van der Waals surface area contributed by atoms with E-state index in [-0.39, 0.29) is 22.5 Å². The van der Waals surface area contributed by atoms with Gasteiger partial charge in [-0.05, 0) is 51.7 Å². The fourth-order valence-corrected chi connectivity index (χ4v) is 2.81. The third-order valence-electron chi connectivity index (χ3n) is 4.14. The summed E-state index contributed by atoms with van der Waals surface area (Å²) in [5, 5.41) is 0. The zero-order valence-electron chi connectivity index (χ0n) is 14.5. The van der Waals surface area contributed by atoms with Gasteiger partial charge in [-0.25, -0.2) is 9.59 Å². The standard InChI is InChI=1S/C19H24O5/c1-13(2)17(20)23-15-10-14(18(21)22-4)11-16(12-15)24-19(3)8-6-5-7-9-19/h10-12H,1,5-9H2,2-4H3. The van der Waals surface area contributed by atoms with Gasteiger partial charge in [0.2, 0.25) is 0 Å². The molecule has 1 saturated carbocycles. The van der Waals surface area contributed by atoms with Crippen LogP contribution >= 0.6 is 0 Å². The van der Waals surface area contributed by atoms with Gasteiger partial charge in [-0.2, -0.15) is 0 Å².